The summed E-state index contributed by atoms with van der Waals surface area (Å²) in [5.41, 5.74) is 9.33. The van der Waals surface area contributed by atoms with E-state index in [1.807, 2.05) is 0 Å². The van der Waals surface area contributed by atoms with Crippen LogP contribution in [0.2, 0.25) is 0 Å². The highest BCUT2D eigenvalue weighted by molar-refractivity contribution is 9.10. The number of thiazole rings is 1. The van der Waals surface area contributed by atoms with Crippen LogP contribution in [0, 0.1) is 6.92 Å². The highest BCUT2D eigenvalue weighted by Crippen LogP contribution is 2.35. The van der Waals surface area contributed by atoms with Gasteiger partial charge in [0.1, 0.15) is 4.88 Å². The number of nitrogen functional groups attached to an aromatic ring is 1. The van der Waals surface area contributed by atoms with Crippen molar-refractivity contribution >= 4 is 44.5 Å². The third-order valence-electron chi connectivity index (χ3n) is 2.85. The maximum atomic E-state index is 12.0. The SMILES string of the molecule is COc1cc(C=NNC(=O)c2sc(N)nc2C)cc(Br)c1OC. The molecule has 0 fully saturated rings. The molecule has 1 amide bonds. The summed E-state index contributed by atoms with van der Waals surface area (Å²) >= 11 is 4.51. The number of nitrogens with one attached hydrogen (secondary N) is 1. The second kappa shape index (κ2) is 7.42. The van der Waals surface area contributed by atoms with Crippen molar-refractivity contribution in [1.82, 2.24) is 10.4 Å². The van der Waals surface area contributed by atoms with Crippen molar-refractivity contribution in [1.29, 1.82) is 0 Å². The number of hydrogen-bond acceptors (Lipinski definition) is 7. The Morgan fingerprint density at radius 1 is 1.43 bits per heavy atom. The van der Waals surface area contributed by atoms with Crippen LogP contribution in [0.5, 0.6) is 11.5 Å². The molecule has 0 aliphatic heterocycles. The van der Waals surface area contributed by atoms with Crippen LogP contribution in [0.15, 0.2) is 21.7 Å². The van der Waals surface area contributed by atoms with Crippen LogP contribution in [0.25, 0.3) is 0 Å². The zero-order chi connectivity index (χ0) is 17.0. The third-order valence-corrected chi connectivity index (χ3v) is 4.43. The molecule has 0 unspecified atom stereocenters. The molecule has 2 aromatic rings. The molecule has 7 nitrogen and oxygen atoms in total. The van der Waals surface area contributed by atoms with E-state index in [2.05, 4.69) is 31.4 Å². The first-order chi connectivity index (χ1) is 11.0. The predicted molar refractivity (Wildman–Crippen MR) is 93.6 cm³/mol. The number of carbonyl (C=O) groups is 1. The standard InChI is InChI=1S/C14H15BrN4O3S/c1-7-12(23-14(16)18-7)13(20)19-17-6-8-4-9(15)11(22-3)10(5-8)21-2/h4-6H,1-3H3,(H2,16,18)(H,19,20). The average molecular weight is 399 g/mol. The maximum absolute atomic E-state index is 12.0. The van der Waals surface area contributed by atoms with Crippen LogP contribution in [-0.4, -0.2) is 31.3 Å². The van der Waals surface area contributed by atoms with Gasteiger partial charge in [-0.25, -0.2) is 10.4 Å². The molecule has 1 aromatic heterocycles. The summed E-state index contributed by atoms with van der Waals surface area (Å²) < 4.78 is 11.2. The van der Waals surface area contributed by atoms with Crippen LogP contribution >= 0.6 is 27.3 Å². The second-order valence-corrected chi connectivity index (χ2v) is 6.29. The number of aromatic nitrogens is 1. The number of nitrogens with zero attached hydrogens (tertiary/aromatic N) is 2. The van der Waals surface area contributed by atoms with Crippen molar-refractivity contribution in [3.8, 4) is 11.5 Å². The number of ether oxygens (including phenoxy) is 2. The summed E-state index contributed by atoms with van der Waals surface area (Å²) in [6.07, 6.45) is 1.50. The first kappa shape index (κ1) is 17.2. The lowest BCUT2D eigenvalue weighted by molar-refractivity contribution is 0.0958. The average Bonchev–Trinajstić information content (AvgIpc) is 2.85. The van der Waals surface area contributed by atoms with Crippen LogP contribution in [-0.2, 0) is 0 Å². The number of carbonyl (C=O) groups excluding carboxylic acids is 1. The number of hydrazone groups is 1. The van der Waals surface area contributed by atoms with Gasteiger partial charge in [0.05, 0.1) is 30.6 Å². The van der Waals surface area contributed by atoms with Crippen molar-refractivity contribution in [2.75, 3.05) is 20.0 Å². The zero-order valence-corrected chi connectivity index (χ0v) is 15.1. The lowest BCUT2D eigenvalue weighted by Crippen LogP contribution is -2.17. The van der Waals surface area contributed by atoms with Gasteiger partial charge in [0.2, 0.25) is 0 Å². The molecule has 1 heterocycles. The van der Waals surface area contributed by atoms with E-state index in [-0.39, 0.29) is 5.91 Å². The molecule has 3 N–H and O–H groups in total. The minimum absolute atomic E-state index is 0.348. The van der Waals surface area contributed by atoms with E-state index < -0.39 is 0 Å². The highest BCUT2D eigenvalue weighted by atomic mass is 79.9. The molecule has 0 saturated carbocycles. The number of amides is 1. The number of anilines is 1. The smallest absolute Gasteiger partial charge is 0.283 e. The molecule has 23 heavy (non-hydrogen) atoms. The second-order valence-electron chi connectivity index (χ2n) is 4.40. The lowest BCUT2D eigenvalue weighted by atomic mass is 10.2. The number of hydrogen-bond donors (Lipinski definition) is 2. The highest BCUT2D eigenvalue weighted by Gasteiger charge is 2.13. The van der Waals surface area contributed by atoms with Crippen molar-refractivity contribution < 1.29 is 14.3 Å². The summed E-state index contributed by atoms with van der Waals surface area (Å²) in [5.74, 6) is 0.790. The topological polar surface area (TPSA) is 98.8 Å². The molecule has 0 radical (unpaired) electrons. The van der Waals surface area contributed by atoms with Crippen molar-refractivity contribution in [3.05, 3.63) is 32.7 Å². The number of aryl methyl sites for hydroxylation is 1. The van der Waals surface area contributed by atoms with Gasteiger partial charge in [0.15, 0.2) is 16.6 Å². The molecule has 0 saturated heterocycles. The number of rotatable bonds is 5. The molecule has 0 spiro atoms. The van der Waals surface area contributed by atoms with Crippen molar-refractivity contribution in [2.24, 2.45) is 5.10 Å². The van der Waals surface area contributed by atoms with E-state index >= 15 is 0 Å². The Kier molecular flexibility index (Phi) is 5.56. The number of halogens is 1. The van der Waals surface area contributed by atoms with E-state index in [0.717, 1.165) is 21.4 Å². The molecule has 9 heteroatoms. The van der Waals surface area contributed by atoms with E-state index in [1.165, 1.54) is 6.21 Å². The van der Waals surface area contributed by atoms with Gasteiger partial charge < -0.3 is 15.2 Å². The fraction of sp³-hybridized carbons (Fsp3) is 0.214. The number of methoxy groups -OCH3 is 2. The molecule has 0 atom stereocenters. The van der Waals surface area contributed by atoms with Crippen molar-refractivity contribution in [3.63, 3.8) is 0 Å². The fourth-order valence-corrected chi connectivity index (χ4v) is 3.20. The summed E-state index contributed by atoms with van der Waals surface area (Å²) in [4.78, 5) is 16.4. The monoisotopic (exact) mass is 398 g/mol. The quantitative estimate of drug-likeness (QED) is 0.595. The van der Waals surface area contributed by atoms with Crippen LogP contribution in [0.1, 0.15) is 20.9 Å². The minimum Gasteiger partial charge on any atom is -0.493 e. The van der Waals surface area contributed by atoms with Gasteiger partial charge in [-0.3, -0.25) is 4.79 Å². The molecular weight excluding hydrogens is 384 g/mol. The summed E-state index contributed by atoms with van der Waals surface area (Å²) in [5, 5.41) is 4.28. The van der Waals surface area contributed by atoms with Gasteiger partial charge in [-0.1, -0.05) is 11.3 Å². The zero-order valence-electron chi connectivity index (χ0n) is 12.7. The Morgan fingerprint density at radius 3 is 2.74 bits per heavy atom. The van der Waals surface area contributed by atoms with Gasteiger partial charge in [0.25, 0.3) is 5.91 Å². The van der Waals surface area contributed by atoms with Crippen LogP contribution in [0.3, 0.4) is 0 Å². The van der Waals surface area contributed by atoms with Gasteiger partial charge in [0, 0.05) is 0 Å². The van der Waals surface area contributed by atoms with Gasteiger partial charge in [-0.2, -0.15) is 5.10 Å². The van der Waals surface area contributed by atoms with Gasteiger partial charge in [-0.05, 0) is 40.5 Å². The normalized spacial score (nSPS) is 10.8. The molecular formula is C14H15BrN4O3S. The van der Waals surface area contributed by atoms with Gasteiger partial charge >= 0.3 is 0 Å². The Bertz CT molecular complexity index is 761. The lowest BCUT2D eigenvalue weighted by Gasteiger charge is -2.10. The minimum atomic E-state index is -0.354. The predicted octanol–water partition coefficient (Wildman–Crippen LogP) is 2.58. The van der Waals surface area contributed by atoms with Crippen LogP contribution in [0.4, 0.5) is 5.13 Å². The van der Waals surface area contributed by atoms with Gasteiger partial charge in [-0.15, -0.1) is 0 Å². The molecule has 0 bridgehead atoms. The Labute approximate surface area is 145 Å². The molecule has 0 aliphatic carbocycles. The summed E-state index contributed by atoms with van der Waals surface area (Å²) in [7, 11) is 3.10. The maximum Gasteiger partial charge on any atom is 0.283 e. The number of nitrogens with two attached hydrogens (primary N) is 1. The fourth-order valence-electron chi connectivity index (χ4n) is 1.86. The summed E-state index contributed by atoms with van der Waals surface area (Å²) in [6, 6.07) is 3.54. The third kappa shape index (κ3) is 3.99. The molecule has 122 valence electrons. The first-order valence-corrected chi connectivity index (χ1v) is 8.05. The van der Waals surface area contributed by atoms with Crippen molar-refractivity contribution in [2.45, 2.75) is 6.92 Å². The Morgan fingerprint density at radius 2 is 2.17 bits per heavy atom. The first-order valence-electron chi connectivity index (χ1n) is 6.44. The largest absolute Gasteiger partial charge is 0.493 e. The van der Waals surface area contributed by atoms with Crippen LogP contribution < -0.4 is 20.6 Å². The Balaban J connectivity index is 2.13. The van der Waals surface area contributed by atoms with E-state index in [9.17, 15) is 4.79 Å². The number of benzene rings is 1. The molecule has 1 aromatic carbocycles. The Hall–Kier alpha value is -2.13. The van der Waals surface area contributed by atoms with E-state index in [0.29, 0.717) is 27.2 Å². The molecule has 2 rings (SSSR count). The summed E-state index contributed by atoms with van der Waals surface area (Å²) in [6.45, 7) is 1.72. The van der Waals surface area contributed by atoms with E-state index in [1.54, 1.807) is 33.3 Å². The molecule has 0 aliphatic rings. The van der Waals surface area contributed by atoms with E-state index in [4.69, 9.17) is 15.2 Å².